The average Bonchev–Trinajstić information content (AvgIpc) is 2.59. The second-order valence-corrected chi connectivity index (χ2v) is 8.05. The molecular formula is C17H17BrN2O4S. The molecule has 0 unspecified atom stereocenters. The molecule has 1 aromatic heterocycles. The van der Waals surface area contributed by atoms with Crippen molar-refractivity contribution in [3.8, 4) is 0 Å². The summed E-state index contributed by atoms with van der Waals surface area (Å²) in [5.41, 5.74) is 0.916. The predicted octanol–water partition coefficient (Wildman–Crippen LogP) is 3.10. The number of aryl methyl sites for hydroxylation is 1. The monoisotopic (exact) mass is 424 g/mol. The number of anilines is 1. The highest BCUT2D eigenvalue weighted by molar-refractivity contribution is 9.10. The number of carbonyl (C=O) groups is 1. The number of ether oxygens (including phenoxy) is 1. The molecule has 1 N–H and O–H groups in total. The van der Waals surface area contributed by atoms with Crippen molar-refractivity contribution in [1.29, 1.82) is 0 Å². The Labute approximate surface area is 155 Å². The third kappa shape index (κ3) is 5.14. The molecule has 0 aliphatic heterocycles. The van der Waals surface area contributed by atoms with Crippen LogP contribution < -0.4 is 5.32 Å². The molecule has 8 heteroatoms. The van der Waals surface area contributed by atoms with E-state index in [1.54, 1.807) is 24.4 Å². The largest absolute Gasteiger partial charge is 0.460 e. The van der Waals surface area contributed by atoms with E-state index >= 15 is 0 Å². The first-order valence-corrected chi connectivity index (χ1v) is 9.61. The second-order valence-electron chi connectivity index (χ2n) is 5.16. The minimum Gasteiger partial charge on any atom is -0.460 e. The molecule has 0 radical (unpaired) electrons. The second kappa shape index (κ2) is 8.26. The van der Waals surface area contributed by atoms with Crippen molar-refractivity contribution in [2.75, 3.05) is 18.5 Å². The zero-order valence-corrected chi connectivity index (χ0v) is 15.9. The fourth-order valence-corrected chi connectivity index (χ4v) is 3.14. The molecule has 0 aliphatic rings. The van der Waals surface area contributed by atoms with Gasteiger partial charge in [-0.05, 0) is 47.1 Å². The smallest absolute Gasteiger partial charge is 0.349 e. The summed E-state index contributed by atoms with van der Waals surface area (Å²) < 4.78 is 30.5. The zero-order valence-electron chi connectivity index (χ0n) is 13.5. The first-order valence-electron chi connectivity index (χ1n) is 7.34. The topological polar surface area (TPSA) is 85.4 Å². The van der Waals surface area contributed by atoms with E-state index in [0.717, 1.165) is 10.0 Å². The zero-order chi connectivity index (χ0) is 18.4. The first-order chi connectivity index (χ1) is 11.8. The van der Waals surface area contributed by atoms with E-state index in [-0.39, 0.29) is 18.0 Å². The third-order valence-corrected chi connectivity index (χ3v) is 5.43. The fourth-order valence-electron chi connectivity index (χ4n) is 1.85. The van der Waals surface area contributed by atoms with Gasteiger partial charge in [-0.3, -0.25) is 0 Å². The Morgan fingerprint density at radius 2 is 1.92 bits per heavy atom. The van der Waals surface area contributed by atoms with Crippen molar-refractivity contribution in [3.63, 3.8) is 0 Å². The fraction of sp³-hybridized carbons (Fsp3) is 0.176. The third-order valence-electron chi connectivity index (χ3n) is 3.25. The van der Waals surface area contributed by atoms with E-state index in [9.17, 15) is 13.2 Å². The van der Waals surface area contributed by atoms with Gasteiger partial charge in [-0.1, -0.05) is 24.3 Å². The van der Waals surface area contributed by atoms with E-state index in [1.807, 2.05) is 13.0 Å². The number of aromatic nitrogens is 1. The Morgan fingerprint density at radius 3 is 2.52 bits per heavy atom. The Morgan fingerprint density at radius 1 is 1.24 bits per heavy atom. The van der Waals surface area contributed by atoms with Gasteiger partial charge in [0.05, 0.1) is 11.4 Å². The molecule has 1 heterocycles. The lowest BCUT2D eigenvalue weighted by atomic mass is 10.2. The predicted molar refractivity (Wildman–Crippen MR) is 98.9 cm³/mol. The Balaban J connectivity index is 1.88. The number of rotatable bonds is 7. The van der Waals surface area contributed by atoms with Crippen molar-refractivity contribution in [2.24, 2.45) is 0 Å². The van der Waals surface area contributed by atoms with Gasteiger partial charge in [0.2, 0.25) is 9.84 Å². The van der Waals surface area contributed by atoms with Gasteiger partial charge in [-0.2, -0.15) is 0 Å². The molecule has 0 fully saturated rings. The van der Waals surface area contributed by atoms with E-state index in [0.29, 0.717) is 5.82 Å². The Bertz CT molecular complexity index is 863. The highest BCUT2D eigenvalue weighted by Crippen LogP contribution is 2.19. The van der Waals surface area contributed by atoms with Gasteiger partial charge in [0.25, 0.3) is 0 Å². The maximum Gasteiger partial charge on any atom is 0.349 e. The van der Waals surface area contributed by atoms with Gasteiger partial charge in [0.15, 0.2) is 0 Å². The quantitative estimate of drug-likeness (QED) is 0.417. The number of pyridine rings is 1. The van der Waals surface area contributed by atoms with Crippen LogP contribution >= 0.6 is 15.9 Å². The number of nitrogens with one attached hydrogen (secondary N) is 1. The van der Waals surface area contributed by atoms with Crippen LogP contribution in [0.15, 0.2) is 63.4 Å². The molecule has 1 aromatic carbocycles. The number of carbonyl (C=O) groups excluding carboxylic acids is 1. The van der Waals surface area contributed by atoms with Crippen LogP contribution in [-0.2, 0) is 19.4 Å². The van der Waals surface area contributed by atoms with Crippen LogP contribution in [0.2, 0.25) is 0 Å². The van der Waals surface area contributed by atoms with Crippen LogP contribution in [0.25, 0.3) is 0 Å². The van der Waals surface area contributed by atoms with Gasteiger partial charge in [-0.25, -0.2) is 18.2 Å². The molecule has 2 aromatic rings. The Kier molecular flexibility index (Phi) is 6.33. The number of esters is 1. The lowest BCUT2D eigenvalue weighted by molar-refractivity contribution is -0.137. The van der Waals surface area contributed by atoms with Crippen LogP contribution in [0.5, 0.6) is 0 Å². The van der Waals surface area contributed by atoms with E-state index in [1.165, 1.54) is 12.1 Å². The summed E-state index contributed by atoms with van der Waals surface area (Å²) in [6.45, 7) is 5.49. The summed E-state index contributed by atoms with van der Waals surface area (Å²) in [7, 11) is -3.96. The molecule has 0 saturated heterocycles. The summed E-state index contributed by atoms with van der Waals surface area (Å²) in [5.74, 6) is -0.350. The van der Waals surface area contributed by atoms with Crippen molar-refractivity contribution < 1.29 is 17.9 Å². The summed E-state index contributed by atoms with van der Waals surface area (Å²) in [4.78, 5) is 15.5. The highest BCUT2D eigenvalue weighted by Gasteiger charge is 2.26. The number of hydrogen-bond acceptors (Lipinski definition) is 6. The van der Waals surface area contributed by atoms with Gasteiger partial charge in [0.1, 0.15) is 17.3 Å². The van der Waals surface area contributed by atoms with Crippen molar-refractivity contribution in [2.45, 2.75) is 11.8 Å². The van der Waals surface area contributed by atoms with Crippen LogP contribution in [0.4, 0.5) is 5.82 Å². The lowest BCUT2D eigenvalue weighted by Gasteiger charge is -2.09. The van der Waals surface area contributed by atoms with E-state index in [2.05, 4.69) is 32.8 Å². The molecule has 132 valence electrons. The van der Waals surface area contributed by atoms with Gasteiger partial charge in [-0.15, -0.1) is 0 Å². The first kappa shape index (κ1) is 19.1. The van der Waals surface area contributed by atoms with Crippen LogP contribution in [0.3, 0.4) is 0 Å². The lowest BCUT2D eigenvalue weighted by Crippen LogP contribution is -2.19. The summed E-state index contributed by atoms with van der Waals surface area (Å²) in [6.07, 6.45) is 1.63. The SMILES string of the molecule is C=C(C(=O)OCCNc1ccc(Br)cn1)S(=O)(=O)c1ccc(C)cc1. The molecule has 0 aliphatic carbocycles. The maximum absolute atomic E-state index is 12.3. The summed E-state index contributed by atoms with van der Waals surface area (Å²) in [5, 5.41) is 2.95. The van der Waals surface area contributed by atoms with E-state index in [4.69, 9.17) is 4.74 Å². The molecule has 0 bridgehead atoms. The van der Waals surface area contributed by atoms with Crippen LogP contribution in [0.1, 0.15) is 5.56 Å². The summed E-state index contributed by atoms with van der Waals surface area (Å²) >= 11 is 3.28. The maximum atomic E-state index is 12.3. The average molecular weight is 425 g/mol. The van der Waals surface area contributed by atoms with Crippen molar-refractivity contribution in [1.82, 2.24) is 4.98 Å². The number of benzene rings is 1. The van der Waals surface area contributed by atoms with Gasteiger partial charge in [0, 0.05) is 10.7 Å². The molecule has 0 amide bonds. The standard InChI is InChI=1S/C17H17BrN2O4S/c1-12-3-6-15(7-4-12)25(22,23)13(2)17(21)24-10-9-19-16-8-5-14(18)11-20-16/h3-8,11H,2,9-10H2,1H3,(H,19,20). The normalized spacial score (nSPS) is 11.0. The number of nitrogens with zero attached hydrogens (tertiary/aromatic N) is 1. The minimum absolute atomic E-state index is 0.0113. The van der Waals surface area contributed by atoms with Gasteiger partial charge < -0.3 is 10.1 Å². The minimum atomic E-state index is -3.96. The molecule has 25 heavy (non-hydrogen) atoms. The molecular weight excluding hydrogens is 408 g/mol. The molecule has 0 atom stereocenters. The summed E-state index contributed by atoms with van der Waals surface area (Å²) in [6, 6.07) is 9.75. The van der Waals surface area contributed by atoms with Crippen molar-refractivity contribution >= 4 is 37.6 Å². The molecule has 2 rings (SSSR count). The molecule has 6 nitrogen and oxygen atoms in total. The number of sulfone groups is 1. The molecule has 0 saturated carbocycles. The van der Waals surface area contributed by atoms with Gasteiger partial charge >= 0.3 is 5.97 Å². The number of halogens is 1. The Hall–Kier alpha value is -2.19. The number of hydrogen-bond donors (Lipinski definition) is 1. The molecule has 0 spiro atoms. The van der Waals surface area contributed by atoms with E-state index < -0.39 is 20.7 Å². The van der Waals surface area contributed by atoms with Crippen molar-refractivity contribution in [3.05, 3.63) is 64.1 Å². The highest BCUT2D eigenvalue weighted by atomic mass is 79.9. The van der Waals surface area contributed by atoms with Crippen LogP contribution in [0, 0.1) is 6.92 Å². The van der Waals surface area contributed by atoms with Crippen LogP contribution in [-0.4, -0.2) is 32.5 Å².